The van der Waals surface area contributed by atoms with Crippen LogP contribution in [-0.4, -0.2) is 13.2 Å². The van der Waals surface area contributed by atoms with Crippen LogP contribution in [0.3, 0.4) is 0 Å². The standard InChI is InChI=1S/C15H32O/c1-6-11-14(12-10-13-16-9-4)15(5,7-2)8-3/h14H,6-13H2,1-5H3. The highest BCUT2D eigenvalue weighted by atomic mass is 16.5. The Balaban J connectivity index is 4.13. The Morgan fingerprint density at radius 1 is 1.00 bits per heavy atom. The molecule has 0 radical (unpaired) electrons. The summed E-state index contributed by atoms with van der Waals surface area (Å²) in [6, 6.07) is 0. The van der Waals surface area contributed by atoms with Crippen molar-refractivity contribution in [1.29, 1.82) is 0 Å². The lowest BCUT2D eigenvalue weighted by Crippen LogP contribution is -2.26. The highest BCUT2D eigenvalue weighted by Crippen LogP contribution is 2.40. The normalized spacial score (nSPS) is 14.1. The molecule has 0 fully saturated rings. The van der Waals surface area contributed by atoms with Crippen molar-refractivity contribution in [1.82, 2.24) is 0 Å². The maximum Gasteiger partial charge on any atom is 0.0465 e. The third kappa shape index (κ3) is 5.34. The van der Waals surface area contributed by atoms with E-state index in [2.05, 4.69) is 34.6 Å². The number of rotatable bonds is 10. The first-order valence-corrected chi connectivity index (χ1v) is 7.22. The van der Waals surface area contributed by atoms with E-state index in [1.165, 1.54) is 38.5 Å². The third-order valence-corrected chi connectivity index (χ3v) is 4.28. The van der Waals surface area contributed by atoms with E-state index in [-0.39, 0.29) is 0 Å². The van der Waals surface area contributed by atoms with E-state index in [0.717, 1.165) is 19.1 Å². The van der Waals surface area contributed by atoms with E-state index in [4.69, 9.17) is 4.74 Å². The molecule has 0 saturated carbocycles. The molecule has 0 amide bonds. The lowest BCUT2D eigenvalue weighted by molar-refractivity contribution is 0.108. The lowest BCUT2D eigenvalue weighted by Gasteiger charge is -2.36. The molecule has 1 nitrogen and oxygen atoms in total. The van der Waals surface area contributed by atoms with Crippen molar-refractivity contribution in [3.63, 3.8) is 0 Å². The Morgan fingerprint density at radius 2 is 1.62 bits per heavy atom. The van der Waals surface area contributed by atoms with Crippen LogP contribution >= 0.6 is 0 Å². The quantitative estimate of drug-likeness (QED) is 0.476. The number of hydrogen-bond donors (Lipinski definition) is 0. The first-order chi connectivity index (χ1) is 7.64. The number of hydrogen-bond acceptors (Lipinski definition) is 1. The molecule has 1 heteroatoms. The molecular weight excluding hydrogens is 196 g/mol. The zero-order chi connectivity index (χ0) is 12.4. The molecule has 0 saturated heterocycles. The highest BCUT2D eigenvalue weighted by Gasteiger charge is 2.29. The Morgan fingerprint density at radius 3 is 2.06 bits per heavy atom. The summed E-state index contributed by atoms with van der Waals surface area (Å²) in [5, 5.41) is 0. The van der Waals surface area contributed by atoms with Gasteiger partial charge >= 0.3 is 0 Å². The predicted octanol–water partition coefficient (Wildman–Crippen LogP) is 5.05. The first-order valence-electron chi connectivity index (χ1n) is 7.22. The van der Waals surface area contributed by atoms with Gasteiger partial charge < -0.3 is 4.74 Å². The smallest absolute Gasteiger partial charge is 0.0465 e. The van der Waals surface area contributed by atoms with Crippen molar-refractivity contribution >= 4 is 0 Å². The summed E-state index contributed by atoms with van der Waals surface area (Å²) in [5.41, 5.74) is 0.544. The van der Waals surface area contributed by atoms with Crippen LogP contribution in [0.2, 0.25) is 0 Å². The molecule has 0 aliphatic heterocycles. The van der Waals surface area contributed by atoms with Crippen molar-refractivity contribution in [2.75, 3.05) is 13.2 Å². The molecule has 0 aromatic heterocycles. The minimum atomic E-state index is 0.544. The van der Waals surface area contributed by atoms with Crippen molar-refractivity contribution in [2.45, 2.75) is 73.1 Å². The number of ether oxygens (including phenoxy) is 1. The van der Waals surface area contributed by atoms with E-state index in [0.29, 0.717) is 5.41 Å². The molecule has 0 N–H and O–H groups in total. The zero-order valence-electron chi connectivity index (χ0n) is 12.1. The summed E-state index contributed by atoms with van der Waals surface area (Å²) in [5.74, 6) is 0.882. The third-order valence-electron chi connectivity index (χ3n) is 4.28. The summed E-state index contributed by atoms with van der Waals surface area (Å²) in [4.78, 5) is 0. The van der Waals surface area contributed by atoms with Crippen molar-refractivity contribution in [2.24, 2.45) is 11.3 Å². The molecular formula is C15H32O. The Hall–Kier alpha value is -0.0400. The largest absolute Gasteiger partial charge is 0.382 e. The fourth-order valence-electron chi connectivity index (χ4n) is 2.59. The van der Waals surface area contributed by atoms with Crippen LogP contribution in [0.25, 0.3) is 0 Å². The fourth-order valence-corrected chi connectivity index (χ4v) is 2.59. The molecule has 98 valence electrons. The van der Waals surface area contributed by atoms with Crippen LogP contribution in [-0.2, 0) is 4.74 Å². The zero-order valence-corrected chi connectivity index (χ0v) is 12.1. The fraction of sp³-hybridized carbons (Fsp3) is 1.00. The minimum Gasteiger partial charge on any atom is -0.382 e. The molecule has 0 bridgehead atoms. The summed E-state index contributed by atoms with van der Waals surface area (Å²) >= 11 is 0. The molecule has 16 heavy (non-hydrogen) atoms. The van der Waals surface area contributed by atoms with Crippen molar-refractivity contribution < 1.29 is 4.74 Å². The molecule has 0 aromatic carbocycles. The van der Waals surface area contributed by atoms with E-state index >= 15 is 0 Å². The van der Waals surface area contributed by atoms with Gasteiger partial charge in [0.2, 0.25) is 0 Å². The van der Waals surface area contributed by atoms with Gasteiger partial charge in [0.1, 0.15) is 0 Å². The Kier molecular flexibility index (Phi) is 9.02. The average molecular weight is 228 g/mol. The summed E-state index contributed by atoms with van der Waals surface area (Å²) in [6.07, 6.45) is 7.88. The van der Waals surface area contributed by atoms with Gasteiger partial charge in [0.25, 0.3) is 0 Å². The monoisotopic (exact) mass is 228 g/mol. The van der Waals surface area contributed by atoms with E-state index in [1.54, 1.807) is 0 Å². The second-order valence-electron chi connectivity index (χ2n) is 5.19. The van der Waals surface area contributed by atoms with Gasteiger partial charge in [0.15, 0.2) is 0 Å². The van der Waals surface area contributed by atoms with Crippen LogP contribution in [0.5, 0.6) is 0 Å². The summed E-state index contributed by atoms with van der Waals surface area (Å²) in [7, 11) is 0. The Bertz CT molecular complexity index is 150. The van der Waals surface area contributed by atoms with Crippen LogP contribution < -0.4 is 0 Å². The van der Waals surface area contributed by atoms with Crippen LogP contribution in [0.4, 0.5) is 0 Å². The topological polar surface area (TPSA) is 9.23 Å². The van der Waals surface area contributed by atoms with Gasteiger partial charge in [-0.3, -0.25) is 0 Å². The molecule has 1 atom stereocenters. The van der Waals surface area contributed by atoms with Gasteiger partial charge in [-0.2, -0.15) is 0 Å². The van der Waals surface area contributed by atoms with Gasteiger partial charge in [-0.15, -0.1) is 0 Å². The van der Waals surface area contributed by atoms with E-state index in [1.807, 2.05) is 0 Å². The van der Waals surface area contributed by atoms with E-state index < -0.39 is 0 Å². The summed E-state index contributed by atoms with van der Waals surface area (Å²) in [6.45, 7) is 13.3. The maximum atomic E-state index is 5.44. The first kappa shape index (κ1) is 16.0. The second kappa shape index (κ2) is 9.04. The molecule has 0 aliphatic carbocycles. The van der Waals surface area contributed by atoms with Crippen molar-refractivity contribution in [3.05, 3.63) is 0 Å². The highest BCUT2D eigenvalue weighted by molar-refractivity contribution is 4.80. The van der Waals surface area contributed by atoms with Crippen LogP contribution in [0.15, 0.2) is 0 Å². The molecule has 0 spiro atoms. The van der Waals surface area contributed by atoms with Crippen molar-refractivity contribution in [3.8, 4) is 0 Å². The van der Waals surface area contributed by atoms with E-state index in [9.17, 15) is 0 Å². The molecule has 0 heterocycles. The SMILES string of the molecule is CCCC(CCCOCC)C(C)(CC)CC. The van der Waals surface area contributed by atoms with Crippen LogP contribution in [0, 0.1) is 11.3 Å². The van der Waals surface area contributed by atoms with Gasteiger partial charge in [0, 0.05) is 13.2 Å². The average Bonchev–Trinajstić information content (AvgIpc) is 2.32. The molecule has 0 aliphatic rings. The Labute approximate surface area is 103 Å². The van der Waals surface area contributed by atoms with Gasteiger partial charge in [-0.25, -0.2) is 0 Å². The van der Waals surface area contributed by atoms with Gasteiger partial charge in [-0.05, 0) is 31.1 Å². The van der Waals surface area contributed by atoms with Crippen LogP contribution in [0.1, 0.15) is 73.1 Å². The molecule has 1 unspecified atom stereocenters. The second-order valence-corrected chi connectivity index (χ2v) is 5.19. The lowest BCUT2D eigenvalue weighted by atomic mass is 9.69. The van der Waals surface area contributed by atoms with Gasteiger partial charge in [0.05, 0.1) is 0 Å². The molecule has 0 aromatic rings. The molecule has 0 rings (SSSR count). The maximum absolute atomic E-state index is 5.44. The summed E-state index contributed by atoms with van der Waals surface area (Å²) < 4.78 is 5.44. The van der Waals surface area contributed by atoms with Gasteiger partial charge in [-0.1, -0.05) is 53.4 Å². The predicted molar refractivity (Wildman–Crippen MR) is 72.8 cm³/mol. The minimum absolute atomic E-state index is 0.544.